The Morgan fingerprint density at radius 2 is 2.17 bits per heavy atom. The van der Waals surface area contributed by atoms with Gasteiger partial charge in [-0.15, -0.1) is 0 Å². The molecule has 0 bridgehead atoms. The normalized spacial score (nSPS) is 15.3. The first-order chi connectivity index (χ1) is 11.7. The zero-order valence-electron chi connectivity index (χ0n) is 13.3. The number of para-hydroxylation sites is 1. The van der Waals surface area contributed by atoms with Crippen LogP contribution >= 0.6 is 11.8 Å². The van der Waals surface area contributed by atoms with E-state index in [9.17, 15) is 4.79 Å². The maximum absolute atomic E-state index is 12.9. The second-order valence-electron chi connectivity index (χ2n) is 5.79. The largest absolute Gasteiger partial charge is 0.430 e. The van der Waals surface area contributed by atoms with Crippen molar-refractivity contribution in [1.29, 1.82) is 0 Å². The Balaban J connectivity index is 1.54. The third kappa shape index (κ3) is 2.78. The van der Waals surface area contributed by atoms with Crippen LogP contribution in [0.15, 0.2) is 52.2 Å². The summed E-state index contributed by atoms with van der Waals surface area (Å²) < 4.78 is 5.66. The van der Waals surface area contributed by atoms with Gasteiger partial charge in [-0.3, -0.25) is 4.79 Å². The molecule has 24 heavy (non-hydrogen) atoms. The van der Waals surface area contributed by atoms with Crippen molar-refractivity contribution in [2.24, 2.45) is 0 Å². The fourth-order valence-electron chi connectivity index (χ4n) is 2.98. The molecule has 1 aliphatic heterocycles. The molecule has 0 aliphatic carbocycles. The number of anilines is 1. The first-order valence-corrected chi connectivity index (χ1v) is 8.88. The van der Waals surface area contributed by atoms with Crippen LogP contribution in [0.25, 0.3) is 11.2 Å². The Labute approximate surface area is 144 Å². The predicted molar refractivity (Wildman–Crippen MR) is 94.2 cm³/mol. The van der Waals surface area contributed by atoms with E-state index in [0.29, 0.717) is 16.5 Å². The number of nitrogens with zero attached hydrogens (tertiary/aromatic N) is 3. The molecule has 0 N–H and O–H groups in total. The van der Waals surface area contributed by atoms with E-state index >= 15 is 0 Å². The molecule has 4 rings (SSSR count). The highest BCUT2D eigenvalue weighted by molar-refractivity contribution is 8.00. The molecule has 5 nitrogen and oxygen atoms in total. The third-order valence-electron chi connectivity index (χ3n) is 4.15. The van der Waals surface area contributed by atoms with Crippen molar-refractivity contribution in [2.45, 2.75) is 30.2 Å². The van der Waals surface area contributed by atoms with E-state index in [4.69, 9.17) is 4.42 Å². The van der Waals surface area contributed by atoms with E-state index in [2.05, 4.69) is 16.0 Å². The Bertz CT molecular complexity index is 860. The number of aromatic nitrogens is 2. The molecule has 0 saturated heterocycles. The maximum Gasteiger partial charge on any atom is 0.259 e. The van der Waals surface area contributed by atoms with Crippen molar-refractivity contribution in [3.8, 4) is 0 Å². The van der Waals surface area contributed by atoms with Crippen molar-refractivity contribution in [3.63, 3.8) is 0 Å². The van der Waals surface area contributed by atoms with Crippen LogP contribution in [0.1, 0.15) is 18.9 Å². The topological polar surface area (TPSA) is 59.2 Å². The number of oxazole rings is 1. The molecule has 1 aromatic carbocycles. The van der Waals surface area contributed by atoms with E-state index in [0.717, 1.165) is 25.1 Å². The van der Waals surface area contributed by atoms with E-state index in [1.807, 2.05) is 36.1 Å². The third-order valence-corrected chi connectivity index (χ3v) is 5.08. The SMILES string of the molecule is C[C@@H](Sc1nc2ncccc2o1)C(=O)N1CCCc2ccccc21. The smallest absolute Gasteiger partial charge is 0.259 e. The molecular weight excluding hydrogens is 322 g/mol. The number of thioether (sulfide) groups is 1. The summed E-state index contributed by atoms with van der Waals surface area (Å²) in [6.45, 7) is 2.66. The van der Waals surface area contributed by atoms with E-state index < -0.39 is 0 Å². The van der Waals surface area contributed by atoms with Crippen LogP contribution in [0.2, 0.25) is 0 Å². The van der Waals surface area contributed by atoms with Gasteiger partial charge in [0, 0.05) is 18.4 Å². The molecule has 3 heterocycles. The predicted octanol–water partition coefficient (Wildman–Crippen LogP) is 3.68. The summed E-state index contributed by atoms with van der Waals surface area (Å²) in [7, 11) is 0. The van der Waals surface area contributed by atoms with Crippen molar-refractivity contribution in [1.82, 2.24) is 9.97 Å². The van der Waals surface area contributed by atoms with Crippen LogP contribution in [0.3, 0.4) is 0 Å². The lowest BCUT2D eigenvalue weighted by molar-refractivity contribution is -0.117. The molecule has 3 aromatic rings. The molecular formula is C18H17N3O2S. The lowest BCUT2D eigenvalue weighted by Gasteiger charge is -2.31. The Morgan fingerprint density at radius 1 is 1.29 bits per heavy atom. The lowest BCUT2D eigenvalue weighted by Crippen LogP contribution is -2.40. The van der Waals surface area contributed by atoms with Crippen molar-refractivity contribution in [3.05, 3.63) is 48.2 Å². The molecule has 0 radical (unpaired) electrons. The van der Waals surface area contributed by atoms with E-state index in [-0.39, 0.29) is 11.2 Å². The number of benzene rings is 1. The number of aryl methyl sites for hydroxylation is 1. The van der Waals surface area contributed by atoms with Gasteiger partial charge in [0.15, 0.2) is 11.2 Å². The number of fused-ring (bicyclic) bond motifs is 2. The molecule has 1 atom stereocenters. The number of carbonyl (C=O) groups is 1. The van der Waals surface area contributed by atoms with Gasteiger partial charge in [0.05, 0.1) is 5.25 Å². The van der Waals surface area contributed by atoms with Crippen LogP contribution in [0.5, 0.6) is 0 Å². The van der Waals surface area contributed by atoms with Crippen LogP contribution < -0.4 is 4.90 Å². The standard InChI is InChI=1S/C18H17N3O2S/c1-12(24-18-20-16-15(23-18)9-4-10-19-16)17(22)21-11-5-7-13-6-2-3-8-14(13)21/h2-4,6,8-10,12H,5,7,11H2,1H3/t12-/m1/s1. The Kier molecular flexibility index (Phi) is 3.98. The van der Waals surface area contributed by atoms with Gasteiger partial charge in [-0.1, -0.05) is 30.0 Å². The monoisotopic (exact) mass is 339 g/mol. The molecule has 2 aromatic heterocycles. The zero-order valence-corrected chi connectivity index (χ0v) is 14.1. The molecule has 1 aliphatic rings. The molecule has 6 heteroatoms. The van der Waals surface area contributed by atoms with Crippen LogP contribution in [0, 0.1) is 0 Å². The molecule has 1 amide bonds. The van der Waals surface area contributed by atoms with E-state index in [1.54, 1.807) is 12.3 Å². The average molecular weight is 339 g/mol. The summed E-state index contributed by atoms with van der Waals surface area (Å²) in [5, 5.41) is 0.207. The minimum atomic E-state index is -0.274. The van der Waals surface area contributed by atoms with Gasteiger partial charge in [-0.25, -0.2) is 4.98 Å². The summed E-state index contributed by atoms with van der Waals surface area (Å²) in [6.07, 6.45) is 3.70. The first kappa shape index (κ1) is 15.2. The minimum absolute atomic E-state index is 0.0855. The Morgan fingerprint density at radius 3 is 3.04 bits per heavy atom. The second kappa shape index (κ2) is 6.28. The lowest BCUT2D eigenvalue weighted by atomic mass is 10.0. The highest BCUT2D eigenvalue weighted by Crippen LogP contribution is 2.31. The summed E-state index contributed by atoms with van der Waals surface area (Å²) >= 11 is 1.34. The minimum Gasteiger partial charge on any atom is -0.430 e. The number of carbonyl (C=O) groups excluding carboxylic acids is 1. The van der Waals surface area contributed by atoms with Gasteiger partial charge in [0.2, 0.25) is 5.91 Å². The number of hydrogen-bond donors (Lipinski definition) is 0. The fraction of sp³-hybridized carbons (Fsp3) is 0.278. The van der Waals surface area contributed by atoms with Gasteiger partial charge < -0.3 is 9.32 Å². The average Bonchev–Trinajstić information content (AvgIpc) is 3.02. The van der Waals surface area contributed by atoms with Crippen molar-refractivity contribution in [2.75, 3.05) is 11.4 Å². The molecule has 0 spiro atoms. The highest BCUT2D eigenvalue weighted by Gasteiger charge is 2.27. The number of pyridine rings is 1. The summed E-state index contributed by atoms with van der Waals surface area (Å²) in [6, 6.07) is 11.8. The van der Waals surface area contributed by atoms with Gasteiger partial charge >= 0.3 is 0 Å². The van der Waals surface area contributed by atoms with Gasteiger partial charge in [-0.2, -0.15) is 4.98 Å². The van der Waals surface area contributed by atoms with Gasteiger partial charge in [0.1, 0.15) is 0 Å². The van der Waals surface area contributed by atoms with Crippen LogP contribution in [0.4, 0.5) is 5.69 Å². The second-order valence-corrected chi connectivity index (χ2v) is 7.08. The van der Waals surface area contributed by atoms with E-state index in [1.165, 1.54) is 17.3 Å². The fourth-order valence-corrected chi connectivity index (χ4v) is 3.79. The molecule has 0 fully saturated rings. The first-order valence-electron chi connectivity index (χ1n) is 8.00. The number of hydrogen-bond acceptors (Lipinski definition) is 5. The van der Waals surface area contributed by atoms with Crippen LogP contribution in [-0.2, 0) is 11.2 Å². The quantitative estimate of drug-likeness (QED) is 0.681. The highest BCUT2D eigenvalue weighted by atomic mass is 32.2. The van der Waals surface area contributed by atoms with Gasteiger partial charge in [0.25, 0.3) is 5.22 Å². The molecule has 0 saturated carbocycles. The number of amides is 1. The number of rotatable bonds is 3. The van der Waals surface area contributed by atoms with Crippen molar-refractivity contribution < 1.29 is 9.21 Å². The maximum atomic E-state index is 12.9. The summed E-state index contributed by atoms with van der Waals surface area (Å²) in [5.41, 5.74) is 3.48. The molecule has 122 valence electrons. The van der Waals surface area contributed by atoms with Crippen molar-refractivity contribution >= 4 is 34.6 Å². The molecule has 0 unspecified atom stereocenters. The summed E-state index contributed by atoms with van der Waals surface area (Å²) in [5.74, 6) is 0.0855. The van der Waals surface area contributed by atoms with Gasteiger partial charge in [-0.05, 0) is 43.5 Å². The zero-order chi connectivity index (χ0) is 16.5. The Hall–Kier alpha value is -2.34. The van der Waals surface area contributed by atoms with Crippen LogP contribution in [-0.4, -0.2) is 27.7 Å². The summed E-state index contributed by atoms with van der Waals surface area (Å²) in [4.78, 5) is 23.3.